The molecule has 0 unspecified atom stereocenters. The van der Waals surface area contributed by atoms with Crippen LogP contribution in [0.4, 0.5) is 5.69 Å². The van der Waals surface area contributed by atoms with Crippen LogP contribution in [0.5, 0.6) is 5.75 Å². The van der Waals surface area contributed by atoms with Gasteiger partial charge in [0.15, 0.2) is 6.10 Å². The molecule has 1 amide bonds. The fraction of sp³-hybridized carbons (Fsp3) is 0.235. The Kier molecular flexibility index (Phi) is 5.32. The third-order valence-corrected chi connectivity index (χ3v) is 5.64. The number of nitrogens with one attached hydrogen (secondary N) is 1. The van der Waals surface area contributed by atoms with E-state index in [1.54, 1.807) is 30.3 Å². The molecule has 1 atom stereocenters. The first kappa shape index (κ1) is 18.8. The smallest absolute Gasteiger partial charge is 0.263 e. The molecule has 0 aliphatic carbocycles. The van der Waals surface area contributed by atoms with E-state index >= 15 is 0 Å². The van der Waals surface area contributed by atoms with Gasteiger partial charge in [0, 0.05) is 16.6 Å². The highest BCUT2D eigenvalue weighted by atomic mass is 35.5. The second kappa shape index (κ2) is 7.34. The van der Waals surface area contributed by atoms with Crippen molar-refractivity contribution in [2.75, 3.05) is 17.1 Å². The van der Waals surface area contributed by atoms with Gasteiger partial charge in [-0.25, -0.2) is 8.42 Å². The summed E-state index contributed by atoms with van der Waals surface area (Å²) in [5.74, 6) is -0.150. The van der Waals surface area contributed by atoms with Gasteiger partial charge in [0.2, 0.25) is 10.0 Å². The molecule has 6 nitrogen and oxygen atoms in total. The summed E-state index contributed by atoms with van der Waals surface area (Å²) in [6.07, 6.45) is 0.0859. The van der Waals surface area contributed by atoms with E-state index in [4.69, 9.17) is 27.9 Å². The number of rotatable bonds is 4. The first-order valence-electron chi connectivity index (χ1n) is 7.71. The number of amides is 1. The van der Waals surface area contributed by atoms with Gasteiger partial charge in [-0.2, -0.15) is 0 Å². The average molecular weight is 415 g/mol. The van der Waals surface area contributed by atoms with Crippen molar-refractivity contribution in [2.45, 2.75) is 12.6 Å². The van der Waals surface area contributed by atoms with Crippen LogP contribution in [0.2, 0.25) is 10.0 Å². The van der Waals surface area contributed by atoms with E-state index in [-0.39, 0.29) is 18.8 Å². The SMILES string of the molecule is CS(=O)(=O)N1C[C@@H](C(=O)NCc2ccccc2Cl)Oc2ccc(Cl)cc21. The van der Waals surface area contributed by atoms with Crippen LogP contribution in [0.15, 0.2) is 42.5 Å². The van der Waals surface area contributed by atoms with Gasteiger partial charge in [0.1, 0.15) is 5.75 Å². The number of ether oxygens (including phenoxy) is 1. The van der Waals surface area contributed by atoms with Gasteiger partial charge in [0.05, 0.1) is 18.5 Å². The maximum absolute atomic E-state index is 12.5. The lowest BCUT2D eigenvalue weighted by atomic mass is 10.2. The number of hydrogen-bond donors (Lipinski definition) is 1. The monoisotopic (exact) mass is 414 g/mol. The molecule has 0 saturated carbocycles. The van der Waals surface area contributed by atoms with Gasteiger partial charge in [-0.3, -0.25) is 9.10 Å². The molecule has 3 rings (SSSR count). The minimum atomic E-state index is -3.60. The second-order valence-electron chi connectivity index (χ2n) is 5.82. The van der Waals surface area contributed by atoms with Crippen molar-refractivity contribution in [2.24, 2.45) is 0 Å². The first-order chi connectivity index (χ1) is 12.3. The molecule has 0 spiro atoms. The summed E-state index contributed by atoms with van der Waals surface area (Å²) in [6.45, 7) is 0.0747. The summed E-state index contributed by atoms with van der Waals surface area (Å²) >= 11 is 12.0. The number of fused-ring (bicyclic) bond motifs is 1. The van der Waals surface area contributed by atoms with Crippen molar-refractivity contribution in [3.8, 4) is 5.75 Å². The van der Waals surface area contributed by atoms with Crippen LogP contribution in [0.25, 0.3) is 0 Å². The average Bonchev–Trinajstić information content (AvgIpc) is 2.59. The molecule has 26 heavy (non-hydrogen) atoms. The van der Waals surface area contributed by atoms with Gasteiger partial charge in [-0.1, -0.05) is 41.4 Å². The van der Waals surface area contributed by atoms with Crippen molar-refractivity contribution < 1.29 is 17.9 Å². The molecular weight excluding hydrogens is 399 g/mol. The molecule has 0 radical (unpaired) electrons. The van der Waals surface area contributed by atoms with E-state index in [1.165, 1.54) is 6.07 Å². The normalized spacial score (nSPS) is 16.6. The summed E-state index contributed by atoms with van der Waals surface area (Å²) < 4.78 is 31.1. The third-order valence-electron chi connectivity index (χ3n) is 3.89. The van der Waals surface area contributed by atoms with Crippen LogP contribution in [-0.4, -0.2) is 33.2 Å². The number of halogens is 2. The molecule has 2 aromatic rings. The Morgan fingerprint density at radius 1 is 1.27 bits per heavy atom. The van der Waals surface area contributed by atoms with E-state index in [0.29, 0.717) is 15.7 Å². The van der Waals surface area contributed by atoms with E-state index in [0.717, 1.165) is 16.1 Å². The molecular formula is C17H16Cl2N2O4S. The van der Waals surface area contributed by atoms with Crippen molar-refractivity contribution in [1.82, 2.24) is 5.32 Å². The molecule has 1 aliphatic rings. The lowest BCUT2D eigenvalue weighted by Gasteiger charge is -2.34. The lowest BCUT2D eigenvalue weighted by molar-refractivity contribution is -0.127. The summed E-state index contributed by atoms with van der Waals surface area (Å²) in [4.78, 5) is 12.5. The van der Waals surface area contributed by atoms with Crippen molar-refractivity contribution >= 4 is 44.8 Å². The molecule has 9 heteroatoms. The van der Waals surface area contributed by atoms with Crippen molar-refractivity contribution in [3.05, 3.63) is 58.1 Å². The maximum atomic E-state index is 12.5. The summed E-state index contributed by atoms with van der Waals surface area (Å²) in [5.41, 5.74) is 1.07. The van der Waals surface area contributed by atoms with Crippen LogP contribution in [0.1, 0.15) is 5.56 Å². The lowest BCUT2D eigenvalue weighted by Crippen LogP contribution is -2.50. The molecule has 1 N–H and O–H groups in total. The van der Waals surface area contributed by atoms with Gasteiger partial charge in [-0.15, -0.1) is 0 Å². The molecule has 1 heterocycles. The molecule has 0 bridgehead atoms. The standard InChI is InChI=1S/C17H16Cl2N2O4S/c1-26(23,24)21-10-16(25-15-7-6-12(18)8-14(15)21)17(22)20-9-11-4-2-3-5-13(11)19/h2-8,16H,9-10H2,1H3,(H,20,22)/t16-/m0/s1. The highest BCUT2D eigenvalue weighted by molar-refractivity contribution is 7.92. The number of sulfonamides is 1. The number of carbonyl (C=O) groups excluding carboxylic acids is 1. The maximum Gasteiger partial charge on any atom is 0.263 e. The Balaban J connectivity index is 1.80. The van der Waals surface area contributed by atoms with Crippen LogP contribution in [0, 0.1) is 0 Å². The quantitative estimate of drug-likeness (QED) is 0.834. The number of carbonyl (C=O) groups is 1. The molecule has 0 aromatic heterocycles. The van der Waals surface area contributed by atoms with E-state index < -0.39 is 22.0 Å². The molecule has 1 aliphatic heterocycles. The first-order valence-corrected chi connectivity index (χ1v) is 10.3. The molecule has 0 fully saturated rings. The molecule has 2 aromatic carbocycles. The fourth-order valence-corrected chi connectivity index (χ4v) is 3.89. The number of benzene rings is 2. The zero-order chi connectivity index (χ0) is 18.9. The van der Waals surface area contributed by atoms with Gasteiger partial charge in [-0.05, 0) is 29.8 Å². The van der Waals surface area contributed by atoms with E-state index in [2.05, 4.69) is 5.32 Å². The minimum Gasteiger partial charge on any atom is -0.476 e. The summed E-state index contributed by atoms with van der Waals surface area (Å²) in [7, 11) is -3.60. The van der Waals surface area contributed by atoms with Crippen molar-refractivity contribution in [1.29, 1.82) is 0 Å². The Morgan fingerprint density at radius 2 is 2.00 bits per heavy atom. The highest BCUT2D eigenvalue weighted by Gasteiger charge is 2.35. The van der Waals surface area contributed by atoms with Gasteiger partial charge in [0.25, 0.3) is 5.91 Å². The Morgan fingerprint density at radius 3 is 2.69 bits per heavy atom. The van der Waals surface area contributed by atoms with E-state index in [1.807, 2.05) is 6.07 Å². The van der Waals surface area contributed by atoms with Gasteiger partial charge < -0.3 is 10.1 Å². The van der Waals surface area contributed by atoms with Crippen LogP contribution >= 0.6 is 23.2 Å². The topological polar surface area (TPSA) is 75.7 Å². The minimum absolute atomic E-state index is 0.138. The number of anilines is 1. The molecule has 138 valence electrons. The Hall–Kier alpha value is -1.96. The van der Waals surface area contributed by atoms with Crippen LogP contribution in [-0.2, 0) is 21.4 Å². The zero-order valence-electron chi connectivity index (χ0n) is 13.8. The fourth-order valence-electron chi connectivity index (χ4n) is 2.61. The van der Waals surface area contributed by atoms with E-state index in [9.17, 15) is 13.2 Å². The van der Waals surface area contributed by atoms with Gasteiger partial charge >= 0.3 is 0 Å². The Bertz CT molecular complexity index is 950. The highest BCUT2D eigenvalue weighted by Crippen LogP contribution is 2.37. The largest absolute Gasteiger partial charge is 0.476 e. The second-order valence-corrected chi connectivity index (χ2v) is 8.57. The Labute approximate surface area is 161 Å². The molecule has 0 saturated heterocycles. The number of nitrogens with zero attached hydrogens (tertiary/aromatic N) is 1. The summed E-state index contributed by atoms with van der Waals surface area (Å²) in [5, 5.41) is 3.64. The zero-order valence-corrected chi connectivity index (χ0v) is 16.1. The summed E-state index contributed by atoms with van der Waals surface area (Å²) in [6, 6.07) is 11.7. The van der Waals surface area contributed by atoms with Crippen LogP contribution in [0.3, 0.4) is 0 Å². The van der Waals surface area contributed by atoms with Crippen molar-refractivity contribution in [3.63, 3.8) is 0 Å². The predicted molar refractivity (Wildman–Crippen MR) is 101 cm³/mol. The number of hydrogen-bond acceptors (Lipinski definition) is 4. The van der Waals surface area contributed by atoms with Crippen LogP contribution < -0.4 is 14.4 Å². The predicted octanol–water partition coefficient (Wildman–Crippen LogP) is 2.84. The third kappa shape index (κ3) is 4.06.